The number of thiophene rings is 1. The number of anilines is 1. The Hall–Kier alpha value is -1.53. The molecule has 0 aliphatic heterocycles. The van der Waals surface area contributed by atoms with Crippen LogP contribution in [0.25, 0.3) is 0 Å². The van der Waals surface area contributed by atoms with Crippen LogP contribution in [0.4, 0.5) is 18.9 Å². The fourth-order valence-electron chi connectivity index (χ4n) is 1.42. The van der Waals surface area contributed by atoms with Gasteiger partial charge in [-0.1, -0.05) is 11.6 Å². The van der Waals surface area contributed by atoms with Crippen LogP contribution in [0.1, 0.15) is 15.9 Å². The van der Waals surface area contributed by atoms with E-state index in [-0.39, 0.29) is 5.69 Å². The zero-order valence-electron chi connectivity index (χ0n) is 9.29. The highest BCUT2D eigenvalue weighted by molar-refractivity contribution is 7.08. The predicted molar refractivity (Wildman–Crippen MR) is 68.7 cm³/mol. The lowest BCUT2D eigenvalue weighted by atomic mass is 10.2. The first-order chi connectivity index (χ1) is 8.88. The van der Waals surface area contributed by atoms with Crippen LogP contribution in [-0.2, 0) is 6.18 Å². The van der Waals surface area contributed by atoms with E-state index in [1.165, 1.54) is 17.4 Å². The van der Waals surface area contributed by atoms with Gasteiger partial charge in [0.1, 0.15) is 0 Å². The average Bonchev–Trinajstić information content (AvgIpc) is 2.83. The Kier molecular flexibility index (Phi) is 3.82. The van der Waals surface area contributed by atoms with E-state index in [4.69, 9.17) is 11.6 Å². The monoisotopic (exact) mass is 305 g/mol. The number of amides is 1. The number of halogens is 4. The third-order valence-corrected chi connectivity index (χ3v) is 3.33. The van der Waals surface area contributed by atoms with Crippen LogP contribution in [0, 0.1) is 0 Å². The van der Waals surface area contributed by atoms with Gasteiger partial charge in [0.15, 0.2) is 0 Å². The predicted octanol–water partition coefficient (Wildman–Crippen LogP) is 4.67. The number of hydrogen-bond acceptors (Lipinski definition) is 2. The van der Waals surface area contributed by atoms with Crippen LogP contribution in [0.3, 0.4) is 0 Å². The molecule has 1 heterocycles. The summed E-state index contributed by atoms with van der Waals surface area (Å²) in [4.78, 5) is 11.7. The molecule has 0 aliphatic carbocycles. The maximum atomic E-state index is 12.6. The zero-order valence-corrected chi connectivity index (χ0v) is 10.9. The van der Waals surface area contributed by atoms with E-state index in [1.54, 1.807) is 16.8 Å². The number of nitrogens with one attached hydrogen (secondary N) is 1. The maximum Gasteiger partial charge on any atom is 0.417 e. The van der Waals surface area contributed by atoms with Gasteiger partial charge in [-0.2, -0.15) is 24.5 Å². The van der Waals surface area contributed by atoms with E-state index in [9.17, 15) is 18.0 Å². The largest absolute Gasteiger partial charge is 0.417 e. The number of hydrogen-bond donors (Lipinski definition) is 1. The molecule has 0 saturated heterocycles. The molecule has 0 aliphatic rings. The van der Waals surface area contributed by atoms with Gasteiger partial charge in [0.05, 0.1) is 16.1 Å². The van der Waals surface area contributed by atoms with Crippen LogP contribution < -0.4 is 5.32 Å². The van der Waals surface area contributed by atoms with Crippen molar-refractivity contribution in [2.45, 2.75) is 6.18 Å². The van der Waals surface area contributed by atoms with Crippen molar-refractivity contribution < 1.29 is 18.0 Å². The topological polar surface area (TPSA) is 29.1 Å². The molecule has 0 radical (unpaired) electrons. The second-order valence-corrected chi connectivity index (χ2v) is 4.85. The van der Waals surface area contributed by atoms with Gasteiger partial charge in [-0.25, -0.2) is 0 Å². The van der Waals surface area contributed by atoms with Gasteiger partial charge in [-0.3, -0.25) is 4.79 Å². The Morgan fingerprint density at radius 2 is 2.00 bits per heavy atom. The van der Waals surface area contributed by atoms with Crippen molar-refractivity contribution in [3.8, 4) is 0 Å². The standard InChI is InChI=1S/C12H7ClF3NOS/c13-10-2-1-8(5-9(10)12(14,15)16)17-11(18)7-3-4-19-6-7/h1-6H,(H,17,18). The van der Waals surface area contributed by atoms with E-state index < -0.39 is 22.7 Å². The molecule has 0 atom stereocenters. The molecule has 0 saturated carbocycles. The molecule has 2 nitrogen and oxygen atoms in total. The van der Waals surface area contributed by atoms with Gasteiger partial charge in [-0.15, -0.1) is 0 Å². The summed E-state index contributed by atoms with van der Waals surface area (Å²) in [7, 11) is 0. The molecular formula is C12H7ClF3NOS. The van der Waals surface area contributed by atoms with Crippen molar-refractivity contribution >= 4 is 34.5 Å². The van der Waals surface area contributed by atoms with Gasteiger partial charge >= 0.3 is 6.18 Å². The fourth-order valence-corrected chi connectivity index (χ4v) is 2.28. The maximum absolute atomic E-state index is 12.6. The van der Waals surface area contributed by atoms with E-state index in [2.05, 4.69) is 5.32 Å². The Bertz CT molecular complexity index is 596. The minimum atomic E-state index is -4.56. The highest BCUT2D eigenvalue weighted by Crippen LogP contribution is 2.36. The van der Waals surface area contributed by atoms with Crippen LogP contribution in [0.15, 0.2) is 35.0 Å². The second-order valence-electron chi connectivity index (χ2n) is 3.66. The molecule has 1 amide bonds. The summed E-state index contributed by atoms with van der Waals surface area (Å²) in [6.07, 6.45) is -4.56. The zero-order chi connectivity index (χ0) is 14.0. The first-order valence-electron chi connectivity index (χ1n) is 5.08. The molecule has 7 heteroatoms. The highest BCUT2D eigenvalue weighted by atomic mass is 35.5. The van der Waals surface area contributed by atoms with Gasteiger partial charge in [-0.05, 0) is 29.6 Å². The second kappa shape index (κ2) is 5.22. The van der Waals surface area contributed by atoms with E-state index in [1.807, 2.05) is 0 Å². The normalized spacial score (nSPS) is 11.4. The summed E-state index contributed by atoms with van der Waals surface area (Å²) in [5, 5.41) is 5.30. The molecule has 1 N–H and O–H groups in total. The molecule has 1 aromatic heterocycles. The Morgan fingerprint density at radius 3 is 2.58 bits per heavy atom. The number of carbonyl (C=O) groups is 1. The Morgan fingerprint density at radius 1 is 1.26 bits per heavy atom. The van der Waals surface area contributed by atoms with Crippen LogP contribution in [-0.4, -0.2) is 5.91 Å². The average molecular weight is 306 g/mol. The van der Waals surface area contributed by atoms with Crippen molar-refractivity contribution in [1.82, 2.24) is 0 Å². The van der Waals surface area contributed by atoms with Crippen molar-refractivity contribution in [3.05, 3.63) is 51.2 Å². The molecule has 0 unspecified atom stereocenters. The number of rotatable bonds is 2. The van der Waals surface area contributed by atoms with Gasteiger partial charge in [0.2, 0.25) is 0 Å². The lowest BCUT2D eigenvalue weighted by Crippen LogP contribution is -2.12. The summed E-state index contributed by atoms with van der Waals surface area (Å²) in [6, 6.07) is 4.82. The molecule has 2 rings (SSSR count). The fraction of sp³-hybridized carbons (Fsp3) is 0.0833. The first-order valence-corrected chi connectivity index (χ1v) is 6.40. The van der Waals surface area contributed by atoms with Gasteiger partial charge in [0, 0.05) is 11.1 Å². The summed E-state index contributed by atoms with van der Waals surface area (Å²) < 4.78 is 37.9. The molecule has 0 fully saturated rings. The van der Waals surface area contributed by atoms with Gasteiger partial charge in [0.25, 0.3) is 5.91 Å². The molecule has 1 aromatic carbocycles. The molecule has 100 valence electrons. The summed E-state index contributed by atoms with van der Waals surface area (Å²) >= 11 is 6.81. The first kappa shape index (κ1) is 13.9. The molecule has 0 bridgehead atoms. The van der Waals surface area contributed by atoms with Gasteiger partial charge < -0.3 is 5.32 Å². The van der Waals surface area contributed by atoms with Crippen LogP contribution >= 0.6 is 22.9 Å². The number of carbonyl (C=O) groups excluding carboxylic acids is 1. The van der Waals surface area contributed by atoms with E-state index >= 15 is 0 Å². The SMILES string of the molecule is O=C(Nc1ccc(Cl)c(C(F)(F)F)c1)c1ccsc1. The number of alkyl halides is 3. The lowest BCUT2D eigenvalue weighted by Gasteiger charge is -2.11. The lowest BCUT2D eigenvalue weighted by molar-refractivity contribution is -0.137. The van der Waals surface area contributed by atoms with Crippen LogP contribution in [0.5, 0.6) is 0 Å². The quantitative estimate of drug-likeness (QED) is 0.858. The van der Waals surface area contributed by atoms with Crippen molar-refractivity contribution in [1.29, 1.82) is 0 Å². The summed E-state index contributed by atoms with van der Waals surface area (Å²) in [5.74, 6) is -0.461. The minimum absolute atomic E-state index is 0.0490. The van der Waals surface area contributed by atoms with Crippen LogP contribution in [0.2, 0.25) is 5.02 Å². The minimum Gasteiger partial charge on any atom is -0.322 e. The molecule has 2 aromatic rings. The summed E-state index contributed by atoms with van der Waals surface area (Å²) in [6.45, 7) is 0. The molecular weight excluding hydrogens is 299 g/mol. The van der Waals surface area contributed by atoms with E-state index in [0.29, 0.717) is 5.56 Å². The summed E-state index contributed by atoms with van der Waals surface area (Å²) in [5.41, 5.74) is -0.529. The highest BCUT2D eigenvalue weighted by Gasteiger charge is 2.33. The van der Waals surface area contributed by atoms with E-state index in [0.717, 1.165) is 12.1 Å². The van der Waals surface area contributed by atoms with Crippen molar-refractivity contribution in [2.75, 3.05) is 5.32 Å². The molecule has 0 spiro atoms. The van der Waals surface area contributed by atoms with Crippen molar-refractivity contribution in [2.24, 2.45) is 0 Å². The Balaban J connectivity index is 2.25. The molecule has 19 heavy (non-hydrogen) atoms. The third kappa shape index (κ3) is 3.27. The Labute approximate surface area is 115 Å². The smallest absolute Gasteiger partial charge is 0.322 e. The van der Waals surface area contributed by atoms with Crippen molar-refractivity contribution in [3.63, 3.8) is 0 Å². The number of benzene rings is 1. The third-order valence-electron chi connectivity index (χ3n) is 2.31.